The predicted octanol–water partition coefficient (Wildman–Crippen LogP) is 2.64. The molecule has 2 atom stereocenters. The van der Waals surface area contributed by atoms with Crippen LogP contribution in [-0.2, 0) is 24.4 Å². The number of hydrogen-bond donors (Lipinski definition) is 1. The second-order valence-corrected chi connectivity index (χ2v) is 8.61. The van der Waals surface area contributed by atoms with Crippen molar-refractivity contribution >= 4 is 5.91 Å². The normalized spacial score (nSPS) is 20.9. The van der Waals surface area contributed by atoms with Crippen LogP contribution >= 0.6 is 0 Å². The van der Waals surface area contributed by atoms with Crippen LogP contribution in [0.2, 0.25) is 0 Å². The summed E-state index contributed by atoms with van der Waals surface area (Å²) in [6.07, 6.45) is 3.33. The summed E-state index contributed by atoms with van der Waals surface area (Å²) in [5.41, 5.74) is 4.18. The number of amides is 1. The number of para-hydroxylation sites is 1. The second kappa shape index (κ2) is 8.65. The number of hydrogen-bond acceptors (Lipinski definition) is 4. The topological polar surface area (TPSA) is 61.6 Å². The Bertz CT molecular complexity index is 1030. The molecule has 2 aromatic carbocycles. The van der Waals surface area contributed by atoms with Crippen LogP contribution in [0.15, 0.2) is 66.9 Å². The highest BCUT2D eigenvalue weighted by Gasteiger charge is 2.43. The van der Waals surface area contributed by atoms with Gasteiger partial charge < -0.3 is 10.0 Å². The second-order valence-electron chi connectivity index (χ2n) is 8.61. The summed E-state index contributed by atoms with van der Waals surface area (Å²) in [6, 6.07) is 20.6. The highest BCUT2D eigenvalue weighted by Crippen LogP contribution is 2.34. The van der Waals surface area contributed by atoms with Crippen LogP contribution in [0, 0.1) is 5.92 Å². The summed E-state index contributed by atoms with van der Waals surface area (Å²) in [7, 11) is 0. The van der Waals surface area contributed by atoms with E-state index < -0.39 is 0 Å². The number of aliphatic hydroxyl groups excluding tert-OH is 1. The first-order valence-corrected chi connectivity index (χ1v) is 11.0. The van der Waals surface area contributed by atoms with Crippen molar-refractivity contribution in [1.29, 1.82) is 0 Å². The van der Waals surface area contributed by atoms with E-state index in [1.165, 1.54) is 5.69 Å². The number of piperidine rings is 1. The Morgan fingerprint density at radius 3 is 2.52 bits per heavy atom. The molecule has 0 unspecified atom stereocenters. The zero-order valence-electron chi connectivity index (χ0n) is 17.6. The number of benzene rings is 2. The first-order valence-electron chi connectivity index (χ1n) is 11.0. The van der Waals surface area contributed by atoms with Gasteiger partial charge in [0, 0.05) is 44.3 Å². The Morgan fingerprint density at radius 1 is 1.00 bits per heavy atom. The summed E-state index contributed by atoms with van der Waals surface area (Å²) in [6.45, 7) is 3.63. The van der Waals surface area contributed by atoms with Crippen molar-refractivity contribution < 1.29 is 9.90 Å². The predicted molar refractivity (Wildman–Crippen MR) is 119 cm³/mol. The van der Waals surface area contributed by atoms with Gasteiger partial charge in [-0.3, -0.25) is 9.69 Å². The van der Waals surface area contributed by atoms with Crippen LogP contribution in [0.25, 0.3) is 5.69 Å². The van der Waals surface area contributed by atoms with Gasteiger partial charge in [-0.1, -0.05) is 42.5 Å². The van der Waals surface area contributed by atoms with Gasteiger partial charge in [0.2, 0.25) is 5.91 Å². The molecule has 2 saturated heterocycles. The van der Waals surface area contributed by atoms with E-state index in [4.69, 9.17) is 5.11 Å². The van der Waals surface area contributed by atoms with E-state index in [1.54, 1.807) is 0 Å². The third-order valence-corrected chi connectivity index (χ3v) is 6.63. The van der Waals surface area contributed by atoms with E-state index in [9.17, 15) is 4.79 Å². The fourth-order valence-corrected chi connectivity index (χ4v) is 4.90. The molecule has 2 fully saturated rings. The van der Waals surface area contributed by atoms with Gasteiger partial charge in [0.15, 0.2) is 0 Å². The zero-order chi connectivity index (χ0) is 21.2. The van der Waals surface area contributed by atoms with Crippen LogP contribution in [0.4, 0.5) is 0 Å². The van der Waals surface area contributed by atoms with Crippen LogP contribution < -0.4 is 0 Å². The van der Waals surface area contributed by atoms with Crippen molar-refractivity contribution in [3.63, 3.8) is 0 Å². The minimum Gasteiger partial charge on any atom is -0.392 e. The smallest absolute Gasteiger partial charge is 0.227 e. The van der Waals surface area contributed by atoms with Gasteiger partial charge in [0.25, 0.3) is 0 Å². The van der Waals surface area contributed by atoms with Gasteiger partial charge in [-0.2, -0.15) is 5.10 Å². The van der Waals surface area contributed by atoms with Crippen LogP contribution in [0.3, 0.4) is 0 Å². The molecule has 3 aromatic rings. The van der Waals surface area contributed by atoms with Crippen molar-refractivity contribution in [1.82, 2.24) is 19.6 Å². The average Bonchev–Trinajstić information content (AvgIpc) is 3.26. The monoisotopic (exact) mass is 416 g/mol. The molecule has 3 heterocycles. The number of rotatable bonds is 6. The molecule has 6 nitrogen and oxygen atoms in total. The Balaban J connectivity index is 1.16. The van der Waals surface area contributed by atoms with Crippen molar-refractivity contribution in [2.24, 2.45) is 5.92 Å². The Morgan fingerprint density at radius 2 is 1.77 bits per heavy atom. The maximum Gasteiger partial charge on any atom is 0.227 e. The van der Waals surface area contributed by atoms with Gasteiger partial charge >= 0.3 is 0 Å². The summed E-state index contributed by atoms with van der Waals surface area (Å²) < 4.78 is 2.02. The number of nitrogens with zero attached hydrogens (tertiary/aromatic N) is 4. The summed E-state index contributed by atoms with van der Waals surface area (Å²) in [4.78, 5) is 17.3. The minimum absolute atomic E-state index is 0.0338. The lowest BCUT2D eigenvalue weighted by Crippen LogP contribution is -2.63. The van der Waals surface area contributed by atoms with Gasteiger partial charge in [0.05, 0.1) is 24.4 Å². The highest BCUT2D eigenvalue weighted by atomic mass is 16.3. The third kappa shape index (κ3) is 4.13. The van der Waals surface area contributed by atoms with Gasteiger partial charge in [-0.25, -0.2) is 4.68 Å². The number of aromatic nitrogens is 2. The molecule has 0 bridgehead atoms. The Kier molecular flexibility index (Phi) is 5.57. The zero-order valence-corrected chi connectivity index (χ0v) is 17.6. The fraction of sp³-hybridized carbons (Fsp3) is 0.360. The van der Waals surface area contributed by atoms with Crippen molar-refractivity contribution in [3.8, 4) is 5.69 Å². The molecule has 2 aliphatic heterocycles. The molecular formula is C25H28N4O2. The van der Waals surface area contributed by atoms with Crippen LogP contribution in [0.5, 0.6) is 0 Å². The molecule has 0 spiro atoms. The van der Waals surface area contributed by atoms with Crippen LogP contribution in [0.1, 0.15) is 23.2 Å². The maximum atomic E-state index is 12.8. The van der Waals surface area contributed by atoms with E-state index in [1.807, 2.05) is 58.2 Å². The number of fused-ring (bicyclic) bond motifs is 1. The Labute approximate surface area is 182 Å². The first kappa shape index (κ1) is 20.0. The molecule has 31 heavy (non-hydrogen) atoms. The number of carbonyl (C=O) groups is 1. The number of carbonyl (C=O) groups excluding carboxylic acids is 1. The lowest BCUT2D eigenvalue weighted by molar-refractivity contribution is -0.137. The van der Waals surface area contributed by atoms with Crippen molar-refractivity contribution in [2.75, 3.05) is 19.6 Å². The molecule has 160 valence electrons. The minimum atomic E-state index is 0.0338. The van der Waals surface area contributed by atoms with E-state index in [0.717, 1.165) is 49.4 Å². The van der Waals surface area contributed by atoms with Crippen LogP contribution in [-0.4, -0.2) is 56.3 Å². The van der Waals surface area contributed by atoms with E-state index in [2.05, 4.69) is 28.2 Å². The highest BCUT2D eigenvalue weighted by molar-refractivity contribution is 5.79. The molecule has 0 radical (unpaired) electrons. The van der Waals surface area contributed by atoms with Crippen molar-refractivity contribution in [2.45, 2.75) is 32.0 Å². The standard InChI is InChI=1S/C25H28N4O2/c30-18-20-8-6-19(7-9-20)14-25(31)27-13-11-24-21(15-27)16-28(24)17-23-10-12-26-29(23)22-4-2-1-3-5-22/h1-10,12,21,24,30H,11,13-18H2/t21-,24-/m0/s1. The largest absolute Gasteiger partial charge is 0.392 e. The van der Waals surface area contributed by atoms with E-state index in [0.29, 0.717) is 18.4 Å². The molecule has 1 amide bonds. The summed E-state index contributed by atoms with van der Waals surface area (Å²) >= 11 is 0. The average molecular weight is 417 g/mol. The fourth-order valence-electron chi connectivity index (χ4n) is 4.90. The molecule has 2 aliphatic rings. The summed E-state index contributed by atoms with van der Waals surface area (Å²) in [5.74, 6) is 0.762. The van der Waals surface area contributed by atoms with Gasteiger partial charge in [0.1, 0.15) is 0 Å². The number of likely N-dealkylation sites (tertiary alicyclic amines) is 2. The first-order chi connectivity index (χ1) is 15.2. The summed E-state index contributed by atoms with van der Waals surface area (Å²) in [5, 5.41) is 13.7. The van der Waals surface area contributed by atoms with E-state index in [-0.39, 0.29) is 12.5 Å². The van der Waals surface area contributed by atoms with Gasteiger partial charge in [-0.15, -0.1) is 0 Å². The molecule has 5 rings (SSSR count). The van der Waals surface area contributed by atoms with Gasteiger partial charge in [-0.05, 0) is 35.7 Å². The number of aliphatic hydroxyl groups is 1. The molecule has 1 N–H and O–H groups in total. The maximum absolute atomic E-state index is 12.8. The molecule has 0 saturated carbocycles. The SMILES string of the molecule is O=C(Cc1ccc(CO)cc1)N1CC[C@H]2[C@@H](C1)CN2Cc1ccnn1-c1ccccc1. The van der Waals surface area contributed by atoms with E-state index >= 15 is 0 Å². The Hall–Kier alpha value is -2.96. The quantitative estimate of drug-likeness (QED) is 0.671. The molecule has 1 aromatic heterocycles. The molecular weight excluding hydrogens is 388 g/mol. The molecule has 0 aliphatic carbocycles. The third-order valence-electron chi connectivity index (χ3n) is 6.63. The van der Waals surface area contributed by atoms with Crippen molar-refractivity contribution in [3.05, 3.63) is 83.7 Å². The lowest BCUT2D eigenvalue weighted by Gasteiger charge is -2.53. The lowest BCUT2D eigenvalue weighted by atomic mass is 9.82. The molecule has 6 heteroatoms.